The lowest BCUT2D eigenvalue weighted by Crippen LogP contribution is -2.52. The average molecular weight is 523 g/mol. The fourth-order valence-electron chi connectivity index (χ4n) is 3.80. The molecule has 36 heavy (non-hydrogen) atoms. The lowest BCUT2D eigenvalue weighted by atomic mass is 10.0. The van der Waals surface area contributed by atoms with Gasteiger partial charge < -0.3 is 10.2 Å². The number of thioether (sulfide) groups is 1. The molecule has 0 aliphatic carbocycles. The molecule has 0 aliphatic rings. The van der Waals surface area contributed by atoms with Crippen molar-refractivity contribution in [2.24, 2.45) is 0 Å². The summed E-state index contributed by atoms with van der Waals surface area (Å²) in [6.07, 6.45) is 1.27. The van der Waals surface area contributed by atoms with Gasteiger partial charge in [-0.1, -0.05) is 90.8 Å². The van der Waals surface area contributed by atoms with E-state index in [1.54, 1.807) is 16.7 Å². The second-order valence-electron chi connectivity index (χ2n) is 9.15. The smallest absolute Gasteiger partial charge is 0.243 e. The molecule has 1 N–H and O–H groups in total. The minimum atomic E-state index is -0.621. The van der Waals surface area contributed by atoms with Gasteiger partial charge in [0.1, 0.15) is 6.04 Å². The zero-order valence-electron chi connectivity index (χ0n) is 21.2. The molecular formula is C30H35ClN2O2S. The van der Waals surface area contributed by atoms with Crippen LogP contribution in [0, 0.1) is 6.92 Å². The Bertz CT molecular complexity index is 1100. The van der Waals surface area contributed by atoms with Crippen LogP contribution in [0.2, 0.25) is 5.02 Å². The number of nitrogens with zero attached hydrogens (tertiary/aromatic N) is 1. The van der Waals surface area contributed by atoms with Gasteiger partial charge in [-0.05, 0) is 49.1 Å². The number of benzene rings is 3. The van der Waals surface area contributed by atoms with Crippen LogP contribution in [0.5, 0.6) is 0 Å². The van der Waals surface area contributed by atoms with Crippen molar-refractivity contribution in [2.75, 3.05) is 5.75 Å². The summed E-state index contributed by atoms with van der Waals surface area (Å²) in [6, 6.07) is 25.1. The summed E-state index contributed by atoms with van der Waals surface area (Å²) in [5.74, 6) is 0.855. The lowest BCUT2D eigenvalue weighted by Gasteiger charge is -2.32. The van der Waals surface area contributed by atoms with Crippen LogP contribution in [0.3, 0.4) is 0 Å². The number of rotatable bonds is 12. The highest BCUT2D eigenvalue weighted by Crippen LogP contribution is 2.20. The maximum absolute atomic E-state index is 13.6. The minimum Gasteiger partial charge on any atom is -0.352 e. The highest BCUT2D eigenvalue weighted by atomic mass is 35.5. The zero-order chi connectivity index (χ0) is 25.9. The number of carbonyl (C=O) groups excluding carboxylic acids is 2. The van der Waals surface area contributed by atoms with Gasteiger partial charge in [0.15, 0.2) is 0 Å². The maximum Gasteiger partial charge on any atom is 0.243 e. The Morgan fingerprint density at radius 2 is 1.56 bits per heavy atom. The number of nitrogens with one attached hydrogen (secondary N) is 1. The first-order valence-corrected chi connectivity index (χ1v) is 13.9. The van der Waals surface area contributed by atoms with Crippen molar-refractivity contribution in [3.8, 4) is 0 Å². The van der Waals surface area contributed by atoms with E-state index in [0.717, 1.165) is 23.3 Å². The van der Waals surface area contributed by atoms with Gasteiger partial charge in [0.2, 0.25) is 11.8 Å². The molecular weight excluding hydrogens is 488 g/mol. The molecule has 4 nitrogen and oxygen atoms in total. The number of amides is 2. The molecule has 0 aromatic heterocycles. The number of carbonyl (C=O) groups is 2. The van der Waals surface area contributed by atoms with E-state index in [2.05, 4.69) is 36.5 Å². The first-order chi connectivity index (χ1) is 17.4. The van der Waals surface area contributed by atoms with Crippen molar-refractivity contribution in [3.63, 3.8) is 0 Å². The fraction of sp³-hybridized carbons (Fsp3) is 0.333. The Labute approximate surface area is 224 Å². The van der Waals surface area contributed by atoms with E-state index in [-0.39, 0.29) is 17.9 Å². The molecule has 190 valence electrons. The highest BCUT2D eigenvalue weighted by molar-refractivity contribution is 7.99. The fourth-order valence-corrected chi connectivity index (χ4v) is 4.80. The normalized spacial score (nSPS) is 12.6. The molecule has 2 unspecified atom stereocenters. The van der Waals surface area contributed by atoms with E-state index in [1.165, 1.54) is 11.1 Å². The molecule has 3 aromatic carbocycles. The van der Waals surface area contributed by atoms with Gasteiger partial charge in [0.25, 0.3) is 0 Å². The summed E-state index contributed by atoms with van der Waals surface area (Å²) in [7, 11) is 0. The Morgan fingerprint density at radius 3 is 2.19 bits per heavy atom. The third kappa shape index (κ3) is 8.72. The lowest BCUT2D eigenvalue weighted by molar-refractivity contribution is -0.139. The van der Waals surface area contributed by atoms with Crippen LogP contribution in [0.1, 0.15) is 42.5 Å². The number of aryl methyl sites for hydroxylation is 1. The van der Waals surface area contributed by atoms with Crippen molar-refractivity contribution >= 4 is 35.2 Å². The van der Waals surface area contributed by atoms with Gasteiger partial charge >= 0.3 is 0 Å². The van der Waals surface area contributed by atoms with Gasteiger partial charge in [-0.25, -0.2) is 0 Å². The first kappa shape index (κ1) is 27.8. The molecule has 2 amide bonds. The van der Waals surface area contributed by atoms with Crippen molar-refractivity contribution in [3.05, 3.63) is 106 Å². The van der Waals surface area contributed by atoms with E-state index in [1.807, 2.05) is 68.4 Å². The highest BCUT2D eigenvalue weighted by Gasteiger charge is 2.30. The van der Waals surface area contributed by atoms with Crippen LogP contribution in [-0.2, 0) is 28.3 Å². The molecule has 2 atom stereocenters. The Balaban J connectivity index is 1.84. The molecule has 0 bridgehead atoms. The molecule has 0 saturated carbocycles. The molecule has 0 saturated heterocycles. The standard InChI is InChI=1S/C30H35ClN2O2S/c1-4-23(3)32-30(35)28(18-24-8-6-5-7-9-24)33(19-25-14-16-27(31)17-15-25)29(34)21-36-20-26-12-10-22(2)11-13-26/h5-17,23,28H,4,18-21H2,1-3H3,(H,32,35). The summed E-state index contributed by atoms with van der Waals surface area (Å²) in [5.41, 5.74) is 4.34. The van der Waals surface area contributed by atoms with Crippen molar-refractivity contribution < 1.29 is 9.59 Å². The van der Waals surface area contributed by atoms with Crippen LogP contribution in [0.15, 0.2) is 78.9 Å². The number of halogens is 1. The monoisotopic (exact) mass is 522 g/mol. The summed E-state index contributed by atoms with van der Waals surface area (Å²) in [4.78, 5) is 28.9. The third-order valence-electron chi connectivity index (χ3n) is 6.15. The van der Waals surface area contributed by atoms with Crippen molar-refractivity contribution in [1.29, 1.82) is 0 Å². The Morgan fingerprint density at radius 1 is 0.917 bits per heavy atom. The van der Waals surface area contributed by atoms with Gasteiger partial charge in [-0.3, -0.25) is 9.59 Å². The third-order valence-corrected chi connectivity index (χ3v) is 7.39. The molecule has 3 aromatic rings. The molecule has 0 heterocycles. The quantitative estimate of drug-likeness (QED) is 0.298. The average Bonchev–Trinajstić information content (AvgIpc) is 2.88. The predicted octanol–water partition coefficient (Wildman–Crippen LogP) is 6.44. The van der Waals surface area contributed by atoms with Gasteiger partial charge in [0, 0.05) is 29.8 Å². The second-order valence-corrected chi connectivity index (χ2v) is 10.6. The van der Waals surface area contributed by atoms with E-state index in [4.69, 9.17) is 11.6 Å². The summed E-state index contributed by atoms with van der Waals surface area (Å²) in [5, 5.41) is 3.75. The maximum atomic E-state index is 13.6. The zero-order valence-corrected chi connectivity index (χ0v) is 22.8. The largest absolute Gasteiger partial charge is 0.352 e. The first-order valence-electron chi connectivity index (χ1n) is 12.4. The van der Waals surface area contributed by atoms with E-state index >= 15 is 0 Å². The van der Waals surface area contributed by atoms with Crippen molar-refractivity contribution in [1.82, 2.24) is 10.2 Å². The molecule has 0 aliphatic heterocycles. The Kier molecular flexibility index (Phi) is 10.9. The SMILES string of the molecule is CCC(C)NC(=O)C(Cc1ccccc1)N(Cc1ccc(Cl)cc1)C(=O)CSCc1ccc(C)cc1. The van der Waals surface area contributed by atoms with Gasteiger partial charge in [0.05, 0.1) is 5.75 Å². The predicted molar refractivity (Wildman–Crippen MR) is 151 cm³/mol. The number of hydrogen-bond donors (Lipinski definition) is 1. The summed E-state index contributed by atoms with van der Waals surface area (Å²) >= 11 is 7.66. The number of hydrogen-bond acceptors (Lipinski definition) is 3. The van der Waals surface area contributed by atoms with Gasteiger partial charge in [-0.15, -0.1) is 11.8 Å². The molecule has 6 heteroatoms. The Hall–Kier alpha value is -2.76. The molecule has 0 spiro atoms. The molecule has 0 radical (unpaired) electrons. The molecule has 3 rings (SSSR count). The van der Waals surface area contributed by atoms with E-state index < -0.39 is 6.04 Å². The van der Waals surface area contributed by atoms with E-state index in [0.29, 0.717) is 23.7 Å². The molecule has 0 fully saturated rings. The van der Waals surface area contributed by atoms with Crippen LogP contribution < -0.4 is 5.32 Å². The topological polar surface area (TPSA) is 49.4 Å². The van der Waals surface area contributed by atoms with E-state index in [9.17, 15) is 9.59 Å². The van der Waals surface area contributed by atoms with Crippen LogP contribution >= 0.6 is 23.4 Å². The summed E-state index contributed by atoms with van der Waals surface area (Å²) < 4.78 is 0. The van der Waals surface area contributed by atoms with Crippen LogP contribution in [0.25, 0.3) is 0 Å². The van der Waals surface area contributed by atoms with Crippen molar-refractivity contribution in [2.45, 2.75) is 58.0 Å². The summed E-state index contributed by atoms with van der Waals surface area (Å²) in [6.45, 7) is 6.43. The van der Waals surface area contributed by atoms with Gasteiger partial charge in [-0.2, -0.15) is 0 Å². The second kappa shape index (κ2) is 14.1. The van der Waals surface area contributed by atoms with Crippen LogP contribution in [-0.4, -0.2) is 34.6 Å². The van der Waals surface area contributed by atoms with Crippen LogP contribution in [0.4, 0.5) is 0 Å². The minimum absolute atomic E-state index is 0.0270.